The molecule has 1 fully saturated rings. The van der Waals surface area contributed by atoms with Gasteiger partial charge in [-0.3, -0.25) is 14.6 Å². The molecule has 2 aromatic carbocycles. The first-order valence-electron chi connectivity index (χ1n) is 11.8. The van der Waals surface area contributed by atoms with Crippen molar-refractivity contribution < 1.29 is 14.3 Å². The van der Waals surface area contributed by atoms with E-state index in [0.717, 1.165) is 42.5 Å². The average Bonchev–Trinajstić information content (AvgIpc) is 3.32. The maximum Gasteiger partial charge on any atom is 0.315 e. The fraction of sp³-hybridized carbons (Fsp3) is 0.393. The third-order valence-electron chi connectivity index (χ3n) is 7.24. The molecule has 1 unspecified atom stereocenters. The summed E-state index contributed by atoms with van der Waals surface area (Å²) < 4.78 is 5.92. The number of hydrogen-bond donors (Lipinski definition) is 0. The number of hydrogen-bond acceptors (Lipinski definition) is 4. The number of halogens is 1. The Kier molecular flexibility index (Phi) is 6.20. The van der Waals surface area contributed by atoms with Gasteiger partial charge in [0.05, 0.1) is 0 Å². The van der Waals surface area contributed by atoms with E-state index < -0.39 is 11.8 Å². The van der Waals surface area contributed by atoms with Crippen LogP contribution in [-0.2, 0) is 14.3 Å². The van der Waals surface area contributed by atoms with Gasteiger partial charge in [0.2, 0.25) is 0 Å². The summed E-state index contributed by atoms with van der Waals surface area (Å²) in [5, 5.41) is 0.556. The molecule has 3 atom stereocenters. The number of Topliss-reactive ketones (excluding diaryl/α,β-unsaturated/α-hetero) is 1. The molecule has 1 aliphatic heterocycles. The molecular formula is C28H28ClNO3. The van der Waals surface area contributed by atoms with E-state index in [4.69, 9.17) is 21.3 Å². The van der Waals surface area contributed by atoms with Crippen molar-refractivity contribution >= 4 is 29.1 Å². The second-order valence-electron chi connectivity index (χ2n) is 9.37. The van der Waals surface area contributed by atoms with Crippen molar-refractivity contribution in [2.75, 3.05) is 0 Å². The molecule has 2 aliphatic carbocycles. The smallest absolute Gasteiger partial charge is 0.315 e. The summed E-state index contributed by atoms with van der Waals surface area (Å²) in [4.78, 5) is 31.9. The van der Waals surface area contributed by atoms with Gasteiger partial charge in [-0.25, -0.2) is 0 Å². The summed E-state index contributed by atoms with van der Waals surface area (Å²) in [7, 11) is 0. The second kappa shape index (κ2) is 9.26. The number of rotatable bonds is 4. The highest BCUT2D eigenvalue weighted by Gasteiger charge is 2.45. The zero-order valence-corrected chi connectivity index (χ0v) is 19.6. The predicted molar refractivity (Wildman–Crippen MR) is 130 cm³/mol. The summed E-state index contributed by atoms with van der Waals surface area (Å²) in [6.07, 6.45) is 5.00. The summed E-state index contributed by atoms with van der Waals surface area (Å²) >= 11 is 6.62. The number of ether oxygens (including phenoxy) is 1. The van der Waals surface area contributed by atoms with E-state index in [1.807, 2.05) is 49.4 Å². The molecule has 170 valence electrons. The van der Waals surface area contributed by atoms with Crippen molar-refractivity contribution in [2.45, 2.75) is 63.4 Å². The van der Waals surface area contributed by atoms with Gasteiger partial charge in [-0.1, -0.05) is 60.1 Å². The number of ketones is 1. The Hall–Kier alpha value is -2.72. The number of esters is 1. The van der Waals surface area contributed by atoms with E-state index in [1.165, 1.54) is 0 Å². The van der Waals surface area contributed by atoms with Gasteiger partial charge in [-0.2, -0.15) is 0 Å². The molecule has 1 saturated carbocycles. The Morgan fingerprint density at radius 3 is 2.42 bits per heavy atom. The van der Waals surface area contributed by atoms with Crippen molar-refractivity contribution in [2.24, 2.45) is 10.9 Å². The highest BCUT2D eigenvalue weighted by atomic mass is 35.5. The van der Waals surface area contributed by atoms with Crippen molar-refractivity contribution in [3.8, 4) is 0 Å². The Labute approximate surface area is 199 Å². The van der Waals surface area contributed by atoms with E-state index in [0.29, 0.717) is 29.1 Å². The van der Waals surface area contributed by atoms with Gasteiger partial charge in [0.15, 0.2) is 5.78 Å². The predicted octanol–water partition coefficient (Wildman–Crippen LogP) is 6.40. The molecule has 33 heavy (non-hydrogen) atoms. The van der Waals surface area contributed by atoms with Gasteiger partial charge >= 0.3 is 5.97 Å². The molecule has 3 aliphatic rings. The Bertz CT molecular complexity index is 1130. The molecule has 0 spiro atoms. The minimum Gasteiger partial charge on any atom is -0.462 e. The molecule has 0 radical (unpaired) electrons. The molecule has 1 heterocycles. The molecule has 0 amide bonds. The van der Waals surface area contributed by atoms with Crippen LogP contribution in [0.2, 0.25) is 5.02 Å². The maximum absolute atomic E-state index is 13.6. The van der Waals surface area contributed by atoms with E-state index >= 15 is 0 Å². The Balaban J connectivity index is 1.56. The van der Waals surface area contributed by atoms with Crippen molar-refractivity contribution in [1.29, 1.82) is 0 Å². The van der Waals surface area contributed by atoms with Crippen LogP contribution in [0.3, 0.4) is 0 Å². The van der Waals surface area contributed by atoms with Crippen LogP contribution in [0.15, 0.2) is 70.9 Å². The van der Waals surface area contributed by atoms with Crippen LogP contribution in [-0.4, -0.2) is 23.6 Å². The van der Waals surface area contributed by atoms with Crippen LogP contribution in [0.4, 0.5) is 0 Å². The monoisotopic (exact) mass is 461 g/mol. The fourth-order valence-electron chi connectivity index (χ4n) is 5.63. The largest absolute Gasteiger partial charge is 0.462 e. The molecular weight excluding hydrogens is 434 g/mol. The Morgan fingerprint density at radius 1 is 1.00 bits per heavy atom. The minimum absolute atomic E-state index is 0.0444. The lowest BCUT2D eigenvalue weighted by Gasteiger charge is -2.37. The van der Waals surface area contributed by atoms with Gasteiger partial charge in [0.25, 0.3) is 0 Å². The van der Waals surface area contributed by atoms with Gasteiger partial charge < -0.3 is 4.74 Å². The molecule has 2 aromatic rings. The van der Waals surface area contributed by atoms with Gasteiger partial charge in [-0.15, -0.1) is 0 Å². The Morgan fingerprint density at radius 2 is 1.70 bits per heavy atom. The van der Waals surface area contributed by atoms with Crippen molar-refractivity contribution in [1.82, 2.24) is 0 Å². The first-order chi connectivity index (χ1) is 16.0. The summed E-state index contributed by atoms with van der Waals surface area (Å²) in [6, 6.07) is 17.6. The molecule has 0 aromatic heterocycles. The quantitative estimate of drug-likeness (QED) is 0.495. The van der Waals surface area contributed by atoms with Gasteiger partial charge in [0, 0.05) is 34.3 Å². The van der Waals surface area contributed by atoms with Crippen molar-refractivity contribution in [3.63, 3.8) is 0 Å². The number of aliphatic imine (C=N–C) groups is 1. The zero-order valence-electron chi connectivity index (χ0n) is 18.8. The third-order valence-corrected chi connectivity index (χ3v) is 7.58. The normalized spacial score (nSPS) is 25.6. The van der Waals surface area contributed by atoms with Crippen LogP contribution in [0.5, 0.6) is 0 Å². The topological polar surface area (TPSA) is 55.7 Å². The minimum atomic E-state index is -0.638. The van der Waals surface area contributed by atoms with Crippen LogP contribution in [0.1, 0.15) is 68.4 Å². The SMILES string of the molecule is CC1=NC2=C(C(=O)C[C@@H](c3ccccc3)C2)[C@H](c2ccccc2Cl)C1C(=O)OC1CCCC1. The maximum atomic E-state index is 13.6. The summed E-state index contributed by atoms with van der Waals surface area (Å²) in [5.74, 6) is -1.27. The first kappa shape index (κ1) is 22.1. The number of benzene rings is 2. The lowest BCUT2D eigenvalue weighted by Crippen LogP contribution is -2.39. The number of nitrogens with zero attached hydrogens (tertiary/aromatic N) is 1. The molecule has 5 rings (SSSR count). The number of carbonyl (C=O) groups excluding carboxylic acids is 2. The highest BCUT2D eigenvalue weighted by Crippen LogP contribution is 2.48. The van der Waals surface area contributed by atoms with Crippen LogP contribution >= 0.6 is 11.6 Å². The summed E-state index contributed by atoms with van der Waals surface area (Å²) in [6.45, 7) is 1.88. The second-order valence-corrected chi connectivity index (χ2v) is 9.78. The van der Waals surface area contributed by atoms with E-state index in [2.05, 4.69) is 12.1 Å². The first-order valence-corrected chi connectivity index (χ1v) is 12.2. The zero-order chi connectivity index (χ0) is 22.9. The van der Waals surface area contributed by atoms with Crippen LogP contribution in [0.25, 0.3) is 0 Å². The average molecular weight is 462 g/mol. The molecule has 4 nitrogen and oxygen atoms in total. The molecule has 0 bridgehead atoms. The van der Waals surface area contributed by atoms with E-state index in [1.54, 1.807) is 0 Å². The van der Waals surface area contributed by atoms with Crippen LogP contribution < -0.4 is 0 Å². The third kappa shape index (κ3) is 4.29. The number of carbonyl (C=O) groups is 2. The van der Waals surface area contributed by atoms with Crippen LogP contribution in [0, 0.1) is 5.92 Å². The molecule has 0 N–H and O–H groups in total. The number of allylic oxidation sites excluding steroid dienone is 2. The lowest BCUT2D eigenvalue weighted by molar-refractivity contribution is -0.151. The van der Waals surface area contributed by atoms with Crippen molar-refractivity contribution in [3.05, 3.63) is 82.0 Å². The van der Waals surface area contributed by atoms with Gasteiger partial charge in [-0.05, 0) is 62.1 Å². The lowest BCUT2D eigenvalue weighted by atomic mass is 9.69. The van der Waals surface area contributed by atoms with E-state index in [-0.39, 0.29) is 23.8 Å². The molecule has 5 heteroatoms. The fourth-order valence-corrected chi connectivity index (χ4v) is 5.89. The molecule has 0 saturated heterocycles. The highest BCUT2D eigenvalue weighted by molar-refractivity contribution is 6.31. The summed E-state index contributed by atoms with van der Waals surface area (Å²) in [5.41, 5.74) is 4.05. The van der Waals surface area contributed by atoms with E-state index in [9.17, 15) is 9.59 Å². The van der Waals surface area contributed by atoms with Gasteiger partial charge in [0.1, 0.15) is 12.0 Å². The standard InChI is InChI=1S/C28H28ClNO3/c1-17-25(28(32)33-20-11-5-6-12-20)26(21-13-7-8-14-22(21)29)27-23(30-17)15-19(16-24(27)31)18-9-3-2-4-10-18/h2-4,7-10,13-14,19-20,25-26H,5-6,11-12,15-16H2,1H3/t19-,25?,26+/m0/s1.